The molecule has 0 radical (unpaired) electrons. The summed E-state index contributed by atoms with van der Waals surface area (Å²) in [6.07, 6.45) is 1.03. The maximum atomic E-state index is 12.5. The van der Waals surface area contributed by atoms with Crippen LogP contribution in [-0.4, -0.2) is 26.1 Å². The van der Waals surface area contributed by atoms with Gasteiger partial charge in [0.05, 0.1) is 12.7 Å². The van der Waals surface area contributed by atoms with Crippen LogP contribution in [0.3, 0.4) is 0 Å². The number of benzene rings is 2. The Bertz CT molecular complexity index is 724. The first-order valence-corrected chi connectivity index (χ1v) is 8.41. The molecule has 24 heavy (non-hydrogen) atoms. The van der Waals surface area contributed by atoms with Crippen molar-refractivity contribution < 1.29 is 9.53 Å². The zero-order chi connectivity index (χ0) is 16.2. The van der Waals surface area contributed by atoms with E-state index in [2.05, 4.69) is 44.8 Å². The summed E-state index contributed by atoms with van der Waals surface area (Å²) in [7, 11) is 1.57. The molecule has 0 saturated carbocycles. The summed E-state index contributed by atoms with van der Waals surface area (Å²) >= 11 is 3.38. The van der Waals surface area contributed by atoms with Gasteiger partial charge in [0.2, 0.25) is 0 Å². The minimum absolute atomic E-state index is 0. The number of amides is 1. The average molecular weight is 412 g/mol. The fourth-order valence-corrected chi connectivity index (χ4v) is 3.26. The third-order valence-corrected chi connectivity index (χ3v) is 4.58. The Hall–Kier alpha value is -1.56. The van der Waals surface area contributed by atoms with E-state index in [0.717, 1.165) is 17.4 Å². The van der Waals surface area contributed by atoms with Crippen molar-refractivity contribution in [2.24, 2.45) is 0 Å². The fourth-order valence-electron chi connectivity index (χ4n) is 2.92. The predicted molar refractivity (Wildman–Crippen MR) is 101 cm³/mol. The molecule has 2 aromatic carbocycles. The topological polar surface area (TPSA) is 50.4 Å². The molecule has 1 unspecified atom stereocenters. The number of halogens is 2. The number of carbonyl (C=O) groups excluding carboxylic acids is 1. The number of hydrogen-bond acceptors (Lipinski definition) is 3. The number of carbonyl (C=O) groups is 1. The SMILES string of the molecule is COc1cc(Br)ccc1C(=O)NCC1NCCc2ccccc21.Cl. The maximum Gasteiger partial charge on any atom is 0.255 e. The van der Waals surface area contributed by atoms with Gasteiger partial charge >= 0.3 is 0 Å². The summed E-state index contributed by atoms with van der Waals surface area (Å²) in [5.41, 5.74) is 3.16. The highest BCUT2D eigenvalue weighted by Gasteiger charge is 2.20. The van der Waals surface area contributed by atoms with Gasteiger partial charge in [-0.05, 0) is 42.3 Å². The molecule has 6 heteroatoms. The van der Waals surface area contributed by atoms with E-state index in [-0.39, 0.29) is 24.4 Å². The molecule has 0 saturated heterocycles. The second-order valence-electron chi connectivity index (χ2n) is 5.51. The van der Waals surface area contributed by atoms with Crippen LogP contribution in [0.5, 0.6) is 5.75 Å². The molecule has 1 aliphatic heterocycles. The molecule has 4 nitrogen and oxygen atoms in total. The van der Waals surface area contributed by atoms with Crippen molar-refractivity contribution in [1.82, 2.24) is 10.6 Å². The Labute approximate surface area is 156 Å². The van der Waals surface area contributed by atoms with Gasteiger partial charge in [0.25, 0.3) is 5.91 Å². The van der Waals surface area contributed by atoms with Crippen LogP contribution in [0.2, 0.25) is 0 Å². The van der Waals surface area contributed by atoms with Crippen molar-refractivity contribution in [3.05, 3.63) is 63.6 Å². The smallest absolute Gasteiger partial charge is 0.255 e. The standard InChI is InChI=1S/C18H19BrN2O2.ClH/c1-23-17-10-13(19)6-7-15(17)18(22)21-11-16-14-5-3-2-4-12(14)8-9-20-16;/h2-7,10,16,20H,8-9,11H2,1H3,(H,21,22);1H. The Morgan fingerprint density at radius 1 is 1.33 bits per heavy atom. The van der Waals surface area contributed by atoms with E-state index in [1.165, 1.54) is 11.1 Å². The number of ether oxygens (including phenoxy) is 1. The summed E-state index contributed by atoms with van der Waals surface area (Å²) in [5, 5.41) is 6.47. The number of methoxy groups -OCH3 is 1. The second kappa shape index (κ2) is 8.51. The van der Waals surface area contributed by atoms with Gasteiger partial charge in [-0.3, -0.25) is 4.79 Å². The maximum absolute atomic E-state index is 12.5. The summed E-state index contributed by atoms with van der Waals surface area (Å²) in [6, 6.07) is 13.9. The van der Waals surface area contributed by atoms with Crippen LogP contribution in [0.15, 0.2) is 46.9 Å². The first-order valence-electron chi connectivity index (χ1n) is 7.62. The summed E-state index contributed by atoms with van der Waals surface area (Å²) in [5.74, 6) is 0.438. The predicted octanol–water partition coefficient (Wildman–Crippen LogP) is 3.50. The second-order valence-corrected chi connectivity index (χ2v) is 6.43. The van der Waals surface area contributed by atoms with Gasteiger partial charge in [0.15, 0.2) is 0 Å². The monoisotopic (exact) mass is 410 g/mol. The van der Waals surface area contributed by atoms with Gasteiger partial charge < -0.3 is 15.4 Å². The van der Waals surface area contributed by atoms with Crippen LogP contribution in [0, 0.1) is 0 Å². The summed E-state index contributed by atoms with van der Waals surface area (Å²) in [4.78, 5) is 12.5. The van der Waals surface area contributed by atoms with Crippen LogP contribution in [0.4, 0.5) is 0 Å². The number of hydrogen-bond donors (Lipinski definition) is 2. The molecule has 2 N–H and O–H groups in total. The van der Waals surface area contributed by atoms with Crippen LogP contribution in [-0.2, 0) is 6.42 Å². The van der Waals surface area contributed by atoms with E-state index < -0.39 is 0 Å². The highest BCUT2D eigenvalue weighted by Crippen LogP contribution is 2.24. The third kappa shape index (κ3) is 4.09. The van der Waals surface area contributed by atoms with Crippen molar-refractivity contribution in [2.75, 3.05) is 20.2 Å². The van der Waals surface area contributed by atoms with E-state index in [9.17, 15) is 4.79 Å². The lowest BCUT2D eigenvalue weighted by Crippen LogP contribution is -2.38. The van der Waals surface area contributed by atoms with Gasteiger partial charge in [-0.1, -0.05) is 40.2 Å². The largest absolute Gasteiger partial charge is 0.496 e. The summed E-state index contributed by atoms with van der Waals surface area (Å²) in [6.45, 7) is 1.48. The molecule has 1 aliphatic rings. The highest BCUT2D eigenvalue weighted by atomic mass is 79.9. The Kier molecular flexibility index (Phi) is 6.66. The molecule has 0 spiro atoms. The quantitative estimate of drug-likeness (QED) is 0.809. The van der Waals surface area contributed by atoms with E-state index in [1.807, 2.05) is 12.1 Å². The van der Waals surface area contributed by atoms with E-state index >= 15 is 0 Å². The van der Waals surface area contributed by atoms with Gasteiger partial charge in [0.1, 0.15) is 5.75 Å². The molecule has 2 aromatic rings. The zero-order valence-corrected chi connectivity index (χ0v) is 15.7. The molecule has 0 bridgehead atoms. The number of nitrogens with one attached hydrogen (secondary N) is 2. The van der Waals surface area contributed by atoms with Gasteiger partial charge in [0, 0.05) is 17.1 Å². The lowest BCUT2D eigenvalue weighted by atomic mass is 9.94. The van der Waals surface area contributed by atoms with Crippen molar-refractivity contribution >= 4 is 34.2 Å². The normalized spacial score (nSPS) is 15.8. The Balaban J connectivity index is 0.00000208. The van der Waals surface area contributed by atoms with E-state index in [0.29, 0.717) is 17.9 Å². The molecular formula is C18H20BrClN2O2. The van der Waals surface area contributed by atoms with Crippen LogP contribution < -0.4 is 15.4 Å². The lowest BCUT2D eigenvalue weighted by Gasteiger charge is -2.27. The molecular weight excluding hydrogens is 392 g/mol. The van der Waals surface area contributed by atoms with Gasteiger partial charge in [-0.2, -0.15) is 0 Å². The van der Waals surface area contributed by atoms with Crippen molar-refractivity contribution in [3.63, 3.8) is 0 Å². The Morgan fingerprint density at radius 3 is 2.92 bits per heavy atom. The number of rotatable bonds is 4. The average Bonchev–Trinajstić information content (AvgIpc) is 2.59. The molecule has 3 rings (SSSR count). The fraction of sp³-hybridized carbons (Fsp3) is 0.278. The molecule has 1 atom stereocenters. The van der Waals surface area contributed by atoms with Crippen LogP contribution in [0.25, 0.3) is 0 Å². The van der Waals surface area contributed by atoms with Crippen LogP contribution >= 0.6 is 28.3 Å². The number of fused-ring (bicyclic) bond motifs is 1. The Morgan fingerprint density at radius 2 is 2.12 bits per heavy atom. The molecule has 1 heterocycles. The van der Waals surface area contributed by atoms with Crippen molar-refractivity contribution in [2.45, 2.75) is 12.5 Å². The first-order chi connectivity index (χ1) is 11.2. The zero-order valence-electron chi connectivity index (χ0n) is 13.3. The van der Waals surface area contributed by atoms with Gasteiger partial charge in [-0.25, -0.2) is 0 Å². The van der Waals surface area contributed by atoms with Gasteiger partial charge in [-0.15, -0.1) is 12.4 Å². The molecule has 128 valence electrons. The molecule has 1 amide bonds. The molecule has 0 aromatic heterocycles. The van der Waals surface area contributed by atoms with E-state index in [4.69, 9.17) is 4.74 Å². The van der Waals surface area contributed by atoms with Crippen LogP contribution in [0.1, 0.15) is 27.5 Å². The van der Waals surface area contributed by atoms with E-state index in [1.54, 1.807) is 19.2 Å². The summed E-state index contributed by atoms with van der Waals surface area (Å²) < 4.78 is 6.17. The minimum Gasteiger partial charge on any atom is -0.496 e. The molecule has 0 aliphatic carbocycles. The van der Waals surface area contributed by atoms with Crippen molar-refractivity contribution in [1.29, 1.82) is 0 Å². The minimum atomic E-state index is -0.126. The highest BCUT2D eigenvalue weighted by molar-refractivity contribution is 9.10. The lowest BCUT2D eigenvalue weighted by molar-refractivity contribution is 0.0946. The molecule has 0 fully saturated rings. The third-order valence-electron chi connectivity index (χ3n) is 4.09. The first kappa shape index (κ1) is 18.8. The van der Waals surface area contributed by atoms with Crippen molar-refractivity contribution in [3.8, 4) is 5.75 Å².